The van der Waals surface area contributed by atoms with Gasteiger partial charge < -0.3 is 14.3 Å². The maximum Gasteiger partial charge on any atom is 0.227 e. The molecule has 0 aliphatic heterocycles. The second-order valence-electron chi connectivity index (χ2n) is 6.67. The zero-order valence-corrected chi connectivity index (χ0v) is 15.0. The van der Waals surface area contributed by atoms with Crippen LogP contribution in [0.1, 0.15) is 5.56 Å². The van der Waals surface area contributed by atoms with Gasteiger partial charge in [-0.15, -0.1) is 0 Å². The van der Waals surface area contributed by atoms with Crippen LogP contribution in [0.2, 0.25) is 0 Å². The molecule has 28 heavy (non-hydrogen) atoms. The van der Waals surface area contributed by atoms with Crippen molar-refractivity contribution < 1.29 is 14.3 Å². The Labute approximate surface area is 161 Å². The molecular formula is C24H17NO3. The highest BCUT2D eigenvalue weighted by Crippen LogP contribution is 2.30. The van der Waals surface area contributed by atoms with Gasteiger partial charge in [-0.3, -0.25) is 0 Å². The molecule has 0 aliphatic rings. The second-order valence-corrected chi connectivity index (χ2v) is 6.67. The minimum atomic E-state index is 0.164. The van der Waals surface area contributed by atoms with E-state index in [0.29, 0.717) is 18.1 Å². The van der Waals surface area contributed by atoms with E-state index in [9.17, 15) is 5.11 Å². The zero-order valence-electron chi connectivity index (χ0n) is 15.0. The second kappa shape index (κ2) is 6.74. The number of rotatable bonds is 4. The summed E-state index contributed by atoms with van der Waals surface area (Å²) in [6.45, 7) is 0.542. The van der Waals surface area contributed by atoms with Crippen molar-refractivity contribution in [2.24, 2.45) is 0 Å². The van der Waals surface area contributed by atoms with E-state index in [0.717, 1.165) is 33.2 Å². The maximum atomic E-state index is 9.59. The molecular weight excluding hydrogens is 350 g/mol. The molecule has 0 saturated heterocycles. The average molecular weight is 367 g/mol. The molecule has 0 spiro atoms. The summed E-state index contributed by atoms with van der Waals surface area (Å²) in [4.78, 5) is 4.51. The van der Waals surface area contributed by atoms with Crippen LogP contribution in [-0.4, -0.2) is 10.1 Å². The number of aromatic nitrogens is 1. The SMILES string of the molecule is Oc1ccc2nc(-c3ccc4cc(OCc5ccccc5)ccc4c3)oc2c1. The topological polar surface area (TPSA) is 55.5 Å². The molecule has 5 aromatic rings. The standard InChI is InChI=1S/C24H17NO3/c26-20-9-11-22-23(14-20)28-24(25-22)19-7-6-18-13-21(10-8-17(18)12-19)27-15-16-4-2-1-3-5-16/h1-14,26H,15H2. The Hall–Kier alpha value is -3.79. The van der Waals surface area contributed by atoms with Crippen LogP contribution < -0.4 is 4.74 Å². The highest BCUT2D eigenvalue weighted by molar-refractivity contribution is 5.88. The number of ether oxygens (including phenoxy) is 1. The summed E-state index contributed by atoms with van der Waals surface area (Å²) >= 11 is 0. The Morgan fingerprint density at radius 1 is 0.821 bits per heavy atom. The Balaban J connectivity index is 1.42. The number of phenolic OH excluding ortho intramolecular Hbond substituents is 1. The molecule has 1 aromatic heterocycles. The molecule has 0 amide bonds. The van der Waals surface area contributed by atoms with Crippen molar-refractivity contribution >= 4 is 21.9 Å². The molecule has 0 radical (unpaired) electrons. The smallest absolute Gasteiger partial charge is 0.227 e. The molecule has 0 unspecified atom stereocenters. The first-order valence-electron chi connectivity index (χ1n) is 9.05. The summed E-state index contributed by atoms with van der Waals surface area (Å²) in [5, 5.41) is 11.8. The summed E-state index contributed by atoms with van der Waals surface area (Å²) in [7, 11) is 0. The van der Waals surface area contributed by atoms with Gasteiger partial charge >= 0.3 is 0 Å². The van der Waals surface area contributed by atoms with Crippen molar-refractivity contribution in [1.29, 1.82) is 0 Å². The molecule has 0 saturated carbocycles. The van der Waals surface area contributed by atoms with Crippen LogP contribution in [0.3, 0.4) is 0 Å². The molecule has 0 atom stereocenters. The van der Waals surface area contributed by atoms with E-state index >= 15 is 0 Å². The van der Waals surface area contributed by atoms with Crippen molar-refractivity contribution in [1.82, 2.24) is 4.98 Å². The number of hydrogen-bond donors (Lipinski definition) is 1. The van der Waals surface area contributed by atoms with E-state index in [2.05, 4.69) is 4.98 Å². The highest BCUT2D eigenvalue weighted by Gasteiger charge is 2.10. The van der Waals surface area contributed by atoms with Gasteiger partial charge in [-0.1, -0.05) is 42.5 Å². The Kier molecular flexibility index (Phi) is 3.95. The quantitative estimate of drug-likeness (QED) is 0.427. The Morgan fingerprint density at radius 3 is 2.54 bits per heavy atom. The van der Waals surface area contributed by atoms with E-state index in [1.165, 1.54) is 0 Å². The molecule has 0 fully saturated rings. The van der Waals surface area contributed by atoms with Gasteiger partial charge in [-0.05, 0) is 52.7 Å². The number of fused-ring (bicyclic) bond motifs is 2. The number of benzene rings is 4. The monoisotopic (exact) mass is 367 g/mol. The average Bonchev–Trinajstić information content (AvgIpc) is 3.15. The van der Waals surface area contributed by atoms with E-state index < -0.39 is 0 Å². The normalized spacial score (nSPS) is 11.1. The Bertz CT molecular complexity index is 1280. The van der Waals surface area contributed by atoms with Crippen molar-refractivity contribution in [3.8, 4) is 23.0 Å². The molecule has 4 aromatic carbocycles. The number of aromatic hydroxyl groups is 1. The summed E-state index contributed by atoms with van der Waals surface area (Å²) < 4.78 is 11.7. The molecule has 136 valence electrons. The van der Waals surface area contributed by atoms with Gasteiger partial charge in [0, 0.05) is 11.6 Å². The first-order valence-corrected chi connectivity index (χ1v) is 9.05. The van der Waals surface area contributed by atoms with Crippen LogP contribution in [0.4, 0.5) is 0 Å². The van der Waals surface area contributed by atoms with Crippen LogP contribution in [0.5, 0.6) is 11.5 Å². The molecule has 4 heteroatoms. The van der Waals surface area contributed by atoms with E-state index in [-0.39, 0.29) is 5.75 Å². The number of hydrogen-bond acceptors (Lipinski definition) is 4. The first kappa shape index (κ1) is 16.4. The van der Waals surface area contributed by atoms with Crippen LogP contribution in [0.25, 0.3) is 33.3 Å². The first-order chi connectivity index (χ1) is 13.7. The van der Waals surface area contributed by atoms with Gasteiger partial charge in [0.2, 0.25) is 5.89 Å². The van der Waals surface area contributed by atoms with Gasteiger partial charge in [-0.25, -0.2) is 4.98 Å². The van der Waals surface area contributed by atoms with Crippen molar-refractivity contribution in [3.05, 3.63) is 90.5 Å². The number of phenols is 1. The third-order valence-corrected chi connectivity index (χ3v) is 4.68. The minimum Gasteiger partial charge on any atom is -0.508 e. The Morgan fingerprint density at radius 2 is 1.64 bits per heavy atom. The van der Waals surface area contributed by atoms with Crippen LogP contribution >= 0.6 is 0 Å². The molecule has 4 nitrogen and oxygen atoms in total. The maximum absolute atomic E-state index is 9.59. The summed E-state index contributed by atoms with van der Waals surface area (Å²) in [5.41, 5.74) is 3.32. The predicted octanol–water partition coefficient (Wildman–Crippen LogP) is 5.93. The van der Waals surface area contributed by atoms with Gasteiger partial charge in [0.15, 0.2) is 5.58 Å². The lowest BCUT2D eigenvalue weighted by Crippen LogP contribution is -1.94. The van der Waals surface area contributed by atoms with Crippen LogP contribution in [-0.2, 0) is 6.61 Å². The van der Waals surface area contributed by atoms with Crippen molar-refractivity contribution in [2.75, 3.05) is 0 Å². The van der Waals surface area contributed by atoms with Gasteiger partial charge in [0.25, 0.3) is 0 Å². The van der Waals surface area contributed by atoms with E-state index in [1.807, 2.05) is 66.7 Å². The van der Waals surface area contributed by atoms with Gasteiger partial charge in [-0.2, -0.15) is 0 Å². The largest absolute Gasteiger partial charge is 0.508 e. The van der Waals surface area contributed by atoms with Gasteiger partial charge in [0.1, 0.15) is 23.6 Å². The van der Waals surface area contributed by atoms with E-state index in [1.54, 1.807) is 18.2 Å². The van der Waals surface area contributed by atoms with Gasteiger partial charge in [0.05, 0.1) is 0 Å². The zero-order chi connectivity index (χ0) is 18.9. The number of oxazole rings is 1. The summed E-state index contributed by atoms with van der Waals surface area (Å²) in [6.07, 6.45) is 0. The fourth-order valence-corrected chi connectivity index (χ4v) is 3.22. The highest BCUT2D eigenvalue weighted by atomic mass is 16.5. The van der Waals surface area contributed by atoms with Crippen molar-refractivity contribution in [2.45, 2.75) is 6.61 Å². The lowest BCUT2D eigenvalue weighted by Gasteiger charge is -2.08. The molecule has 0 aliphatic carbocycles. The number of nitrogens with zero attached hydrogens (tertiary/aromatic N) is 1. The molecule has 0 bridgehead atoms. The minimum absolute atomic E-state index is 0.164. The third-order valence-electron chi connectivity index (χ3n) is 4.68. The molecule has 5 rings (SSSR count). The summed E-state index contributed by atoms with van der Waals surface area (Å²) in [5.74, 6) is 1.53. The lowest BCUT2D eigenvalue weighted by atomic mass is 10.1. The van der Waals surface area contributed by atoms with Crippen LogP contribution in [0, 0.1) is 0 Å². The molecule has 1 heterocycles. The molecule has 1 N–H and O–H groups in total. The predicted molar refractivity (Wildman–Crippen MR) is 109 cm³/mol. The van der Waals surface area contributed by atoms with Crippen molar-refractivity contribution in [3.63, 3.8) is 0 Å². The summed E-state index contributed by atoms with van der Waals surface area (Å²) in [6, 6.07) is 27.1. The lowest BCUT2D eigenvalue weighted by molar-refractivity contribution is 0.306. The van der Waals surface area contributed by atoms with E-state index in [4.69, 9.17) is 9.15 Å². The fraction of sp³-hybridized carbons (Fsp3) is 0.0417. The fourth-order valence-electron chi connectivity index (χ4n) is 3.22. The third kappa shape index (κ3) is 3.16. The van der Waals surface area contributed by atoms with Crippen LogP contribution in [0.15, 0.2) is 89.3 Å².